The Morgan fingerprint density at radius 2 is 1.88 bits per heavy atom. The molecule has 0 bridgehead atoms. The maximum atomic E-state index is 12.4. The van der Waals surface area contributed by atoms with Gasteiger partial charge in [-0.25, -0.2) is 0 Å². The van der Waals surface area contributed by atoms with E-state index >= 15 is 0 Å². The molecule has 0 unspecified atom stereocenters. The van der Waals surface area contributed by atoms with Gasteiger partial charge in [-0.15, -0.1) is 0 Å². The molecule has 0 saturated heterocycles. The van der Waals surface area contributed by atoms with Crippen LogP contribution in [0.2, 0.25) is 0 Å². The van der Waals surface area contributed by atoms with Crippen molar-refractivity contribution in [3.63, 3.8) is 0 Å². The summed E-state index contributed by atoms with van der Waals surface area (Å²) in [5.41, 5.74) is -0.946. The molecule has 1 fully saturated rings. The summed E-state index contributed by atoms with van der Waals surface area (Å²) in [4.78, 5) is 14.1. The van der Waals surface area contributed by atoms with Crippen molar-refractivity contribution >= 4 is 5.91 Å². The zero-order chi connectivity index (χ0) is 12.4. The molecule has 1 aliphatic rings. The molecule has 1 N–H and O–H groups in total. The van der Waals surface area contributed by atoms with Crippen LogP contribution in [-0.4, -0.2) is 35.1 Å². The molecule has 0 aliphatic heterocycles. The highest BCUT2D eigenvalue weighted by Crippen LogP contribution is 2.42. The van der Waals surface area contributed by atoms with Crippen LogP contribution in [0.25, 0.3) is 0 Å². The van der Waals surface area contributed by atoms with Crippen molar-refractivity contribution in [1.82, 2.24) is 4.90 Å². The molecule has 1 amide bonds. The van der Waals surface area contributed by atoms with Crippen LogP contribution in [0.4, 0.5) is 0 Å². The summed E-state index contributed by atoms with van der Waals surface area (Å²) in [5.74, 6) is 0.217. The summed E-state index contributed by atoms with van der Waals surface area (Å²) in [6.07, 6.45) is 5.27. The minimum absolute atomic E-state index is 0.139. The van der Waals surface area contributed by atoms with Gasteiger partial charge in [0.1, 0.15) is 0 Å². The third-order valence-corrected chi connectivity index (χ3v) is 3.66. The van der Waals surface area contributed by atoms with Gasteiger partial charge in [0, 0.05) is 19.0 Å². The zero-order valence-corrected chi connectivity index (χ0v) is 11.0. The van der Waals surface area contributed by atoms with Gasteiger partial charge in [-0.1, -0.05) is 19.8 Å². The van der Waals surface area contributed by atoms with Gasteiger partial charge in [-0.2, -0.15) is 0 Å². The largest absolute Gasteiger partial charge is 0.389 e. The number of likely N-dealkylation sites (N-methyl/N-ethyl adjacent to an activating group) is 1. The predicted molar refractivity (Wildman–Crippen MR) is 65.1 cm³/mol. The first kappa shape index (κ1) is 13.5. The van der Waals surface area contributed by atoms with E-state index in [0.29, 0.717) is 6.54 Å². The van der Waals surface area contributed by atoms with Gasteiger partial charge < -0.3 is 10.0 Å². The van der Waals surface area contributed by atoms with Gasteiger partial charge in [0.2, 0.25) is 5.91 Å². The molecule has 1 saturated carbocycles. The molecule has 0 spiro atoms. The number of hydrogen-bond donors (Lipinski definition) is 1. The average molecular weight is 227 g/mol. The second-order valence-electron chi connectivity index (χ2n) is 5.81. The molecule has 1 aliphatic carbocycles. The smallest absolute Gasteiger partial charge is 0.228 e. The zero-order valence-electron chi connectivity index (χ0n) is 11.0. The fourth-order valence-electron chi connectivity index (χ4n) is 2.83. The van der Waals surface area contributed by atoms with E-state index in [2.05, 4.69) is 6.92 Å². The molecule has 0 aromatic carbocycles. The Hall–Kier alpha value is -0.570. The van der Waals surface area contributed by atoms with Gasteiger partial charge >= 0.3 is 0 Å². The van der Waals surface area contributed by atoms with E-state index in [1.54, 1.807) is 25.8 Å². The predicted octanol–water partition coefficient (Wildman–Crippen LogP) is 2.19. The highest BCUT2D eigenvalue weighted by molar-refractivity contribution is 5.82. The summed E-state index contributed by atoms with van der Waals surface area (Å²) in [6.45, 7) is 5.99. The number of nitrogens with zero attached hydrogens (tertiary/aromatic N) is 1. The summed E-state index contributed by atoms with van der Waals surface area (Å²) in [7, 11) is 1.80. The van der Waals surface area contributed by atoms with Gasteiger partial charge in [-0.05, 0) is 33.1 Å². The second kappa shape index (κ2) is 4.74. The van der Waals surface area contributed by atoms with Crippen LogP contribution in [0, 0.1) is 5.41 Å². The minimum Gasteiger partial charge on any atom is -0.389 e. The monoisotopic (exact) mass is 227 g/mol. The highest BCUT2D eigenvalue weighted by atomic mass is 16.3. The molecule has 3 nitrogen and oxygen atoms in total. The van der Waals surface area contributed by atoms with Crippen LogP contribution in [0.5, 0.6) is 0 Å². The first-order valence-corrected chi connectivity index (χ1v) is 6.29. The van der Waals surface area contributed by atoms with Gasteiger partial charge in [0.05, 0.1) is 5.60 Å². The first-order valence-electron chi connectivity index (χ1n) is 6.29. The standard InChI is InChI=1S/C13H25NO2/c1-5-13(8-6-7-9-13)11(15)14(4)10-12(2,3)16/h16H,5-10H2,1-4H3. The van der Waals surface area contributed by atoms with E-state index in [9.17, 15) is 9.90 Å². The van der Waals surface area contributed by atoms with E-state index in [1.165, 1.54) is 0 Å². The lowest BCUT2D eigenvalue weighted by atomic mass is 9.82. The quantitative estimate of drug-likeness (QED) is 0.799. The number of amides is 1. The van der Waals surface area contributed by atoms with Crippen LogP contribution < -0.4 is 0 Å². The maximum Gasteiger partial charge on any atom is 0.228 e. The third-order valence-electron chi connectivity index (χ3n) is 3.66. The molecule has 0 heterocycles. The SMILES string of the molecule is CCC1(C(=O)N(C)CC(C)(C)O)CCCC1. The molecular formula is C13H25NO2. The van der Waals surface area contributed by atoms with E-state index in [0.717, 1.165) is 32.1 Å². The summed E-state index contributed by atoms with van der Waals surface area (Å²) in [6, 6.07) is 0. The summed E-state index contributed by atoms with van der Waals surface area (Å²) >= 11 is 0. The number of rotatable bonds is 4. The normalized spacial score (nSPS) is 19.8. The lowest BCUT2D eigenvalue weighted by molar-refractivity contribution is -0.143. The van der Waals surface area contributed by atoms with Crippen molar-refractivity contribution in [2.45, 2.75) is 58.5 Å². The Balaban J connectivity index is 2.68. The minimum atomic E-state index is -0.808. The van der Waals surface area contributed by atoms with Crippen molar-refractivity contribution in [2.75, 3.05) is 13.6 Å². The summed E-state index contributed by atoms with van der Waals surface area (Å²) in [5, 5.41) is 9.74. The van der Waals surface area contributed by atoms with E-state index < -0.39 is 5.60 Å². The molecule has 0 radical (unpaired) electrons. The molecule has 0 aromatic heterocycles. The topological polar surface area (TPSA) is 40.5 Å². The van der Waals surface area contributed by atoms with Crippen molar-refractivity contribution in [3.05, 3.63) is 0 Å². The van der Waals surface area contributed by atoms with Gasteiger partial charge in [-0.3, -0.25) is 4.79 Å². The molecular weight excluding hydrogens is 202 g/mol. The number of carbonyl (C=O) groups excluding carboxylic acids is 1. The van der Waals surface area contributed by atoms with E-state index in [4.69, 9.17) is 0 Å². The van der Waals surface area contributed by atoms with Crippen molar-refractivity contribution in [3.8, 4) is 0 Å². The number of aliphatic hydroxyl groups is 1. The average Bonchev–Trinajstić information content (AvgIpc) is 2.63. The van der Waals surface area contributed by atoms with Crippen molar-refractivity contribution in [1.29, 1.82) is 0 Å². The molecule has 1 rings (SSSR count). The first-order chi connectivity index (χ1) is 7.31. The Kier molecular flexibility index (Phi) is 4.00. The van der Waals surface area contributed by atoms with E-state index in [1.807, 2.05) is 0 Å². The van der Waals surface area contributed by atoms with Gasteiger partial charge in [0.25, 0.3) is 0 Å². The lowest BCUT2D eigenvalue weighted by Gasteiger charge is -2.34. The van der Waals surface area contributed by atoms with Crippen LogP contribution in [0.1, 0.15) is 52.9 Å². The highest BCUT2D eigenvalue weighted by Gasteiger charge is 2.41. The lowest BCUT2D eigenvalue weighted by Crippen LogP contribution is -2.46. The Morgan fingerprint density at radius 3 is 2.25 bits per heavy atom. The van der Waals surface area contributed by atoms with Crippen LogP contribution in [0.15, 0.2) is 0 Å². The van der Waals surface area contributed by atoms with Gasteiger partial charge in [0.15, 0.2) is 0 Å². The second-order valence-corrected chi connectivity index (χ2v) is 5.81. The third kappa shape index (κ3) is 2.97. The Bertz CT molecular complexity index is 249. The van der Waals surface area contributed by atoms with Crippen LogP contribution in [0.3, 0.4) is 0 Å². The summed E-state index contributed by atoms with van der Waals surface area (Å²) < 4.78 is 0. The van der Waals surface area contributed by atoms with Crippen molar-refractivity contribution < 1.29 is 9.90 Å². The molecule has 94 valence electrons. The molecule has 0 aromatic rings. The number of hydrogen-bond acceptors (Lipinski definition) is 2. The Morgan fingerprint density at radius 1 is 1.38 bits per heavy atom. The fourth-order valence-corrected chi connectivity index (χ4v) is 2.83. The van der Waals surface area contributed by atoms with Crippen LogP contribution in [-0.2, 0) is 4.79 Å². The number of carbonyl (C=O) groups is 1. The fraction of sp³-hybridized carbons (Fsp3) is 0.923. The Labute approximate surface area is 98.8 Å². The van der Waals surface area contributed by atoms with Crippen molar-refractivity contribution in [2.24, 2.45) is 5.41 Å². The molecule has 16 heavy (non-hydrogen) atoms. The molecule has 0 atom stereocenters. The van der Waals surface area contributed by atoms with E-state index in [-0.39, 0.29) is 11.3 Å². The molecule has 3 heteroatoms. The maximum absolute atomic E-state index is 12.4. The van der Waals surface area contributed by atoms with Crippen LogP contribution >= 0.6 is 0 Å².